The van der Waals surface area contributed by atoms with Crippen LogP contribution in [0.25, 0.3) is 6.08 Å². The van der Waals surface area contributed by atoms with Gasteiger partial charge in [0.1, 0.15) is 23.8 Å². The average molecular weight is 271 g/mol. The van der Waals surface area contributed by atoms with Crippen molar-refractivity contribution >= 4 is 12.0 Å². The minimum atomic E-state index is -0.535. The van der Waals surface area contributed by atoms with Gasteiger partial charge in [0.15, 0.2) is 0 Å². The summed E-state index contributed by atoms with van der Waals surface area (Å²) in [4.78, 5) is 12.0. The second-order valence-electron chi connectivity index (χ2n) is 5.41. The van der Waals surface area contributed by atoms with E-state index in [4.69, 9.17) is 15.3 Å². The molecule has 0 N–H and O–H groups in total. The first kappa shape index (κ1) is 15.5. The molecule has 0 fully saturated rings. The van der Waals surface area contributed by atoms with Gasteiger partial charge in [0.2, 0.25) is 0 Å². The molecule has 0 unspecified atom stereocenters. The summed E-state index contributed by atoms with van der Waals surface area (Å²) in [6.07, 6.45) is 3.20. The van der Waals surface area contributed by atoms with Crippen molar-refractivity contribution in [2.75, 3.05) is 7.11 Å². The number of carbonyl (C=O) groups excluding carboxylic acids is 1. The second-order valence-corrected chi connectivity index (χ2v) is 5.41. The van der Waals surface area contributed by atoms with Crippen LogP contribution in [0, 0.1) is 28.1 Å². The summed E-state index contributed by atoms with van der Waals surface area (Å²) in [5, 5.41) is 17.7. The van der Waals surface area contributed by atoms with Crippen molar-refractivity contribution in [1.29, 1.82) is 10.5 Å². The Balaban J connectivity index is 3.36. The van der Waals surface area contributed by atoms with E-state index in [1.165, 1.54) is 13.2 Å². The molecule has 1 heterocycles. The molecule has 0 aliphatic carbocycles. The van der Waals surface area contributed by atoms with Gasteiger partial charge >= 0.3 is 5.97 Å². The normalized spacial score (nSPS) is 11.9. The molecule has 5 nitrogen and oxygen atoms in total. The van der Waals surface area contributed by atoms with Crippen molar-refractivity contribution in [2.45, 2.75) is 26.8 Å². The molecule has 1 rings (SSSR count). The number of nitriles is 2. The number of aromatic nitrogens is 1. The third-order valence-electron chi connectivity index (χ3n) is 2.87. The van der Waals surface area contributed by atoms with Crippen LogP contribution in [0.2, 0.25) is 0 Å². The molecule has 1 aromatic rings. The molecule has 0 saturated carbocycles. The van der Waals surface area contributed by atoms with E-state index in [1.807, 2.05) is 32.9 Å². The molecule has 1 atom stereocenters. The highest BCUT2D eigenvalue weighted by Crippen LogP contribution is 2.33. The largest absolute Gasteiger partial charge is 0.467 e. The van der Waals surface area contributed by atoms with Gasteiger partial charge in [0, 0.05) is 11.9 Å². The Bertz CT molecular complexity index is 590. The summed E-state index contributed by atoms with van der Waals surface area (Å²) in [7, 11) is 1.34. The van der Waals surface area contributed by atoms with Crippen LogP contribution in [-0.4, -0.2) is 17.6 Å². The number of hydrogen-bond donors (Lipinski definition) is 0. The van der Waals surface area contributed by atoms with Gasteiger partial charge in [-0.25, -0.2) is 4.79 Å². The molecule has 0 aromatic carbocycles. The first-order chi connectivity index (χ1) is 9.35. The maximum atomic E-state index is 12.0. The zero-order valence-electron chi connectivity index (χ0n) is 12.0. The first-order valence-corrected chi connectivity index (χ1v) is 6.11. The van der Waals surface area contributed by atoms with Gasteiger partial charge in [-0.1, -0.05) is 20.8 Å². The molecule has 0 aliphatic heterocycles. The van der Waals surface area contributed by atoms with E-state index in [0.717, 1.165) is 0 Å². The van der Waals surface area contributed by atoms with Crippen LogP contribution in [0.5, 0.6) is 0 Å². The van der Waals surface area contributed by atoms with Gasteiger partial charge in [0.05, 0.1) is 7.11 Å². The van der Waals surface area contributed by atoms with Crippen LogP contribution in [0.4, 0.5) is 0 Å². The summed E-state index contributed by atoms with van der Waals surface area (Å²) in [6, 6.07) is 6.59. The van der Waals surface area contributed by atoms with Gasteiger partial charge in [-0.3, -0.25) is 0 Å². The maximum Gasteiger partial charge on any atom is 0.329 e. The van der Waals surface area contributed by atoms with Crippen molar-refractivity contribution in [2.24, 2.45) is 5.41 Å². The summed E-state index contributed by atoms with van der Waals surface area (Å²) >= 11 is 0. The number of ether oxygens (including phenoxy) is 1. The lowest BCUT2D eigenvalue weighted by atomic mass is 9.86. The Morgan fingerprint density at radius 2 is 2.00 bits per heavy atom. The third kappa shape index (κ3) is 3.27. The quantitative estimate of drug-likeness (QED) is 0.625. The number of rotatable bonds is 3. The molecule has 5 heteroatoms. The number of nitrogens with zero attached hydrogens (tertiary/aromatic N) is 3. The molecular formula is C15H17N3O2. The zero-order chi connectivity index (χ0) is 15.3. The number of hydrogen-bond acceptors (Lipinski definition) is 4. The number of allylic oxidation sites excluding steroid dienone is 1. The van der Waals surface area contributed by atoms with E-state index in [1.54, 1.807) is 22.9 Å². The van der Waals surface area contributed by atoms with Crippen molar-refractivity contribution in [3.05, 3.63) is 29.6 Å². The highest BCUT2D eigenvalue weighted by Gasteiger charge is 2.34. The Labute approximate surface area is 118 Å². The summed E-state index contributed by atoms with van der Waals surface area (Å²) < 4.78 is 6.59. The fourth-order valence-corrected chi connectivity index (χ4v) is 2.00. The fraction of sp³-hybridized carbons (Fsp3) is 0.400. The van der Waals surface area contributed by atoms with Crippen LogP contribution >= 0.6 is 0 Å². The summed E-state index contributed by atoms with van der Waals surface area (Å²) in [5.41, 5.74) is 0.240. The number of esters is 1. The van der Waals surface area contributed by atoms with Crippen molar-refractivity contribution in [1.82, 2.24) is 4.57 Å². The number of methoxy groups -OCH3 is 1. The van der Waals surface area contributed by atoms with E-state index in [-0.39, 0.29) is 17.0 Å². The van der Waals surface area contributed by atoms with E-state index < -0.39 is 6.04 Å². The molecular weight excluding hydrogens is 254 g/mol. The minimum Gasteiger partial charge on any atom is -0.467 e. The Hall–Kier alpha value is -2.53. The van der Waals surface area contributed by atoms with Crippen molar-refractivity contribution in [3.8, 4) is 12.1 Å². The SMILES string of the molecule is COC(=O)[C@@H](n1cccc1C=C(C#N)C#N)C(C)(C)C. The van der Waals surface area contributed by atoms with Crippen LogP contribution < -0.4 is 0 Å². The molecule has 0 amide bonds. The summed E-state index contributed by atoms with van der Waals surface area (Å²) in [5.74, 6) is -0.362. The average Bonchev–Trinajstić information content (AvgIpc) is 2.82. The fourth-order valence-electron chi connectivity index (χ4n) is 2.00. The Kier molecular flexibility index (Phi) is 4.72. The van der Waals surface area contributed by atoms with Crippen LogP contribution in [0.15, 0.2) is 23.9 Å². The molecule has 1 aromatic heterocycles. The van der Waals surface area contributed by atoms with Gasteiger partial charge in [-0.2, -0.15) is 10.5 Å². The van der Waals surface area contributed by atoms with Crippen LogP contribution in [0.1, 0.15) is 32.5 Å². The van der Waals surface area contributed by atoms with Crippen LogP contribution in [-0.2, 0) is 9.53 Å². The topological polar surface area (TPSA) is 78.8 Å². The van der Waals surface area contributed by atoms with E-state index >= 15 is 0 Å². The lowest BCUT2D eigenvalue weighted by Crippen LogP contribution is -2.32. The lowest BCUT2D eigenvalue weighted by molar-refractivity contribution is -0.148. The highest BCUT2D eigenvalue weighted by atomic mass is 16.5. The smallest absolute Gasteiger partial charge is 0.329 e. The standard InChI is InChI=1S/C15H17N3O2/c1-15(2,3)13(14(19)20-4)18-7-5-6-12(18)8-11(9-16)10-17/h5-8,13H,1-4H3/t13-/m1/s1. The molecule has 0 saturated heterocycles. The molecule has 20 heavy (non-hydrogen) atoms. The predicted molar refractivity (Wildman–Crippen MR) is 74.1 cm³/mol. The van der Waals surface area contributed by atoms with E-state index in [2.05, 4.69) is 0 Å². The molecule has 104 valence electrons. The maximum absolute atomic E-state index is 12.0. The van der Waals surface area contributed by atoms with Gasteiger partial charge in [-0.05, 0) is 23.6 Å². The Morgan fingerprint density at radius 3 is 2.45 bits per heavy atom. The first-order valence-electron chi connectivity index (χ1n) is 6.11. The molecule has 0 bridgehead atoms. The number of carbonyl (C=O) groups is 1. The van der Waals surface area contributed by atoms with E-state index in [0.29, 0.717) is 5.69 Å². The molecule has 0 radical (unpaired) electrons. The monoisotopic (exact) mass is 271 g/mol. The second kappa shape index (κ2) is 6.08. The Morgan fingerprint density at radius 1 is 1.40 bits per heavy atom. The third-order valence-corrected chi connectivity index (χ3v) is 2.87. The van der Waals surface area contributed by atoms with Gasteiger partial charge < -0.3 is 9.30 Å². The molecule has 0 aliphatic rings. The highest BCUT2D eigenvalue weighted by molar-refractivity contribution is 5.76. The lowest BCUT2D eigenvalue weighted by Gasteiger charge is -2.30. The molecule has 0 spiro atoms. The van der Waals surface area contributed by atoms with Gasteiger partial charge in [0.25, 0.3) is 0 Å². The zero-order valence-corrected chi connectivity index (χ0v) is 12.0. The van der Waals surface area contributed by atoms with Crippen molar-refractivity contribution in [3.63, 3.8) is 0 Å². The van der Waals surface area contributed by atoms with Crippen molar-refractivity contribution < 1.29 is 9.53 Å². The van der Waals surface area contributed by atoms with E-state index in [9.17, 15) is 4.79 Å². The van der Waals surface area contributed by atoms with Gasteiger partial charge in [-0.15, -0.1) is 0 Å². The van der Waals surface area contributed by atoms with Crippen LogP contribution in [0.3, 0.4) is 0 Å². The minimum absolute atomic E-state index is 0.0116. The summed E-state index contributed by atoms with van der Waals surface area (Å²) in [6.45, 7) is 5.78. The predicted octanol–water partition coefficient (Wildman–Crippen LogP) is 2.68.